The summed E-state index contributed by atoms with van der Waals surface area (Å²) < 4.78 is 5.59. The molecule has 0 aliphatic heterocycles. The molecule has 0 aliphatic carbocycles. The first-order valence-electron chi connectivity index (χ1n) is 10.1. The highest BCUT2D eigenvalue weighted by Crippen LogP contribution is 2.21. The van der Waals surface area contributed by atoms with E-state index in [1.807, 2.05) is 42.1 Å². The number of likely N-dealkylation sites (N-methyl/N-ethyl adjacent to an activating group) is 1. The van der Waals surface area contributed by atoms with Crippen molar-refractivity contribution in [2.75, 3.05) is 33.8 Å². The van der Waals surface area contributed by atoms with Crippen molar-refractivity contribution in [2.24, 2.45) is 4.99 Å². The highest BCUT2D eigenvalue weighted by atomic mass is 32.2. The number of carbonyl (C=O) groups is 1. The highest BCUT2D eigenvalue weighted by molar-refractivity contribution is 8.00. The van der Waals surface area contributed by atoms with E-state index in [0.29, 0.717) is 17.5 Å². The van der Waals surface area contributed by atoms with Crippen molar-refractivity contribution in [3.8, 4) is 5.75 Å². The molecule has 7 heteroatoms. The Morgan fingerprint density at radius 3 is 2.60 bits per heavy atom. The Balaban J connectivity index is 1.89. The summed E-state index contributed by atoms with van der Waals surface area (Å²) in [6, 6.07) is 18.1. The summed E-state index contributed by atoms with van der Waals surface area (Å²) >= 11 is 1.84. The molecule has 1 atom stereocenters. The van der Waals surface area contributed by atoms with Gasteiger partial charge in [0.1, 0.15) is 5.75 Å². The first-order chi connectivity index (χ1) is 14.5. The van der Waals surface area contributed by atoms with Gasteiger partial charge in [0.15, 0.2) is 12.6 Å². The van der Waals surface area contributed by atoms with Crippen molar-refractivity contribution in [2.45, 2.75) is 30.5 Å². The first-order valence-corrected chi connectivity index (χ1v) is 11.0. The van der Waals surface area contributed by atoms with E-state index in [4.69, 9.17) is 4.74 Å². The number of hydrogen-bond donors (Lipinski definition) is 2. The Kier molecular flexibility index (Phi) is 10.1. The van der Waals surface area contributed by atoms with Gasteiger partial charge in [-0.25, -0.2) is 4.99 Å². The third-order valence-corrected chi connectivity index (χ3v) is 5.27. The topological polar surface area (TPSA) is 66.0 Å². The van der Waals surface area contributed by atoms with Crippen LogP contribution in [0.5, 0.6) is 5.75 Å². The van der Waals surface area contributed by atoms with Gasteiger partial charge in [0.25, 0.3) is 5.91 Å². The Labute approximate surface area is 184 Å². The Morgan fingerprint density at radius 2 is 1.90 bits per heavy atom. The molecule has 0 saturated carbocycles. The SMILES string of the molecule is CCNC(=NCc1cccc(OCC(=O)N(C)C)c1)NCC(C)Sc1ccccc1. The zero-order valence-corrected chi connectivity index (χ0v) is 19.0. The summed E-state index contributed by atoms with van der Waals surface area (Å²) in [6.07, 6.45) is 0. The van der Waals surface area contributed by atoms with E-state index in [9.17, 15) is 4.79 Å². The van der Waals surface area contributed by atoms with Gasteiger partial charge in [-0.2, -0.15) is 0 Å². The average molecular weight is 429 g/mol. The number of amides is 1. The first kappa shape index (κ1) is 23.6. The fraction of sp³-hybridized carbons (Fsp3) is 0.391. The van der Waals surface area contributed by atoms with Crippen LogP contribution in [0.25, 0.3) is 0 Å². The molecule has 1 amide bonds. The molecule has 162 valence electrons. The molecule has 0 fully saturated rings. The van der Waals surface area contributed by atoms with Crippen LogP contribution in [0, 0.1) is 0 Å². The number of benzene rings is 2. The van der Waals surface area contributed by atoms with E-state index in [-0.39, 0.29) is 12.5 Å². The minimum absolute atomic E-state index is 0.0287. The van der Waals surface area contributed by atoms with Crippen LogP contribution in [0.15, 0.2) is 64.5 Å². The summed E-state index contributed by atoms with van der Waals surface area (Å²) in [5.41, 5.74) is 1.02. The minimum atomic E-state index is -0.0699. The predicted molar refractivity (Wildman–Crippen MR) is 125 cm³/mol. The quantitative estimate of drug-likeness (QED) is 0.345. The van der Waals surface area contributed by atoms with E-state index in [1.165, 1.54) is 9.80 Å². The Hall–Kier alpha value is -2.67. The lowest BCUT2D eigenvalue weighted by molar-refractivity contribution is -0.130. The molecule has 0 aromatic heterocycles. The van der Waals surface area contributed by atoms with Crippen LogP contribution in [0.4, 0.5) is 0 Å². The molecular formula is C23H32N4O2S. The lowest BCUT2D eigenvalue weighted by Crippen LogP contribution is -2.40. The number of rotatable bonds is 10. The monoisotopic (exact) mass is 428 g/mol. The molecule has 0 radical (unpaired) electrons. The molecule has 2 aromatic carbocycles. The summed E-state index contributed by atoms with van der Waals surface area (Å²) in [6.45, 7) is 6.40. The van der Waals surface area contributed by atoms with E-state index in [2.05, 4.69) is 53.7 Å². The number of ether oxygens (including phenoxy) is 1. The molecule has 30 heavy (non-hydrogen) atoms. The second-order valence-electron chi connectivity index (χ2n) is 7.04. The maximum atomic E-state index is 11.7. The van der Waals surface area contributed by atoms with Crippen LogP contribution < -0.4 is 15.4 Å². The second kappa shape index (κ2) is 12.8. The fourth-order valence-electron chi connectivity index (χ4n) is 2.53. The van der Waals surface area contributed by atoms with Crippen molar-refractivity contribution < 1.29 is 9.53 Å². The molecule has 2 N–H and O–H groups in total. The number of nitrogens with one attached hydrogen (secondary N) is 2. The molecule has 1 unspecified atom stereocenters. The lowest BCUT2D eigenvalue weighted by atomic mass is 10.2. The minimum Gasteiger partial charge on any atom is -0.484 e. The zero-order valence-electron chi connectivity index (χ0n) is 18.2. The molecule has 0 aliphatic rings. The molecular weight excluding hydrogens is 396 g/mol. The van der Waals surface area contributed by atoms with Gasteiger partial charge in [-0.15, -0.1) is 11.8 Å². The smallest absolute Gasteiger partial charge is 0.259 e. The largest absolute Gasteiger partial charge is 0.484 e. The highest BCUT2D eigenvalue weighted by Gasteiger charge is 2.07. The van der Waals surface area contributed by atoms with Gasteiger partial charge < -0.3 is 20.3 Å². The van der Waals surface area contributed by atoms with Crippen molar-refractivity contribution in [1.82, 2.24) is 15.5 Å². The van der Waals surface area contributed by atoms with Gasteiger partial charge in [0.2, 0.25) is 0 Å². The van der Waals surface area contributed by atoms with Gasteiger partial charge in [-0.05, 0) is 36.8 Å². The summed E-state index contributed by atoms with van der Waals surface area (Å²) in [7, 11) is 3.43. The van der Waals surface area contributed by atoms with Crippen molar-refractivity contribution in [3.63, 3.8) is 0 Å². The second-order valence-corrected chi connectivity index (χ2v) is 8.55. The normalized spacial score (nSPS) is 12.2. The molecule has 2 rings (SSSR count). The summed E-state index contributed by atoms with van der Waals surface area (Å²) in [5.74, 6) is 1.38. The molecule has 0 bridgehead atoms. The van der Waals surface area contributed by atoms with Crippen molar-refractivity contribution >= 4 is 23.6 Å². The van der Waals surface area contributed by atoms with Crippen LogP contribution in [0.2, 0.25) is 0 Å². The lowest BCUT2D eigenvalue weighted by Gasteiger charge is -2.16. The molecule has 2 aromatic rings. The number of aliphatic imine (C=N–C) groups is 1. The van der Waals surface area contributed by atoms with Crippen LogP contribution in [-0.4, -0.2) is 55.8 Å². The van der Waals surface area contributed by atoms with E-state index >= 15 is 0 Å². The standard InChI is InChI=1S/C23H32N4O2S/c1-5-24-23(25-15-18(2)30-21-12-7-6-8-13-21)26-16-19-10-9-11-20(14-19)29-17-22(28)27(3)4/h6-14,18H,5,15-17H2,1-4H3,(H2,24,25,26). The number of guanidine groups is 1. The molecule has 0 heterocycles. The van der Waals surface area contributed by atoms with Gasteiger partial charge in [-0.3, -0.25) is 4.79 Å². The van der Waals surface area contributed by atoms with E-state index in [0.717, 1.165) is 24.6 Å². The van der Waals surface area contributed by atoms with Crippen molar-refractivity contribution in [3.05, 3.63) is 60.2 Å². The van der Waals surface area contributed by atoms with Gasteiger partial charge in [0, 0.05) is 37.3 Å². The fourth-order valence-corrected chi connectivity index (χ4v) is 3.48. The summed E-state index contributed by atoms with van der Waals surface area (Å²) in [5, 5.41) is 7.11. The van der Waals surface area contributed by atoms with E-state index in [1.54, 1.807) is 14.1 Å². The number of hydrogen-bond acceptors (Lipinski definition) is 4. The number of nitrogens with zero attached hydrogens (tertiary/aromatic N) is 2. The summed E-state index contributed by atoms with van der Waals surface area (Å²) in [4.78, 5) is 19.1. The third kappa shape index (κ3) is 8.78. The van der Waals surface area contributed by atoms with Crippen LogP contribution in [0.1, 0.15) is 19.4 Å². The van der Waals surface area contributed by atoms with Crippen LogP contribution in [-0.2, 0) is 11.3 Å². The molecule has 6 nitrogen and oxygen atoms in total. The van der Waals surface area contributed by atoms with Gasteiger partial charge >= 0.3 is 0 Å². The van der Waals surface area contributed by atoms with E-state index < -0.39 is 0 Å². The van der Waals surface area contributed by atoms with Gasteiger partial charge in [-0.1, -0.05) is 37.3 Å². The van der Waals surface area contributed by atoms with Crippen molar-refractivity contribution in [1.29, 1.82) is 0 Å². The number of thioether (sulfide) groups is 1. The van der Waals surface area contributed by atoms with Gasteiger partial charge in [0.05, 0.1) is 6.54 Å². The Bertz CT molecular complexity index is 812. The molecule has 0 spiro atoms. The number of carbonyl (C=O) groups excluding carboxylic acids is 1. The third-order valence-electron chi connectivity index (χ3n) is 4.16. The predicted octanol–water partition coefficient (Wildman–Crippen LogP) is 3.39. The molecule has 0 saturated heterocycles. The maximum Gasteiger partial charge on any atom is 0.259 e. The Morgan fingerprint density at radius 1 is 1.13 bits per heavy atom. The van der Waals surface area contributed by atoms with Crippen LogP contribution in [0.3, 0.4) is 0 Å². The van der Waals surface area contributed by atoms with Crippen LogP contribution >= 0.6 is 11.8 Å². The maximum absolute atomic E-state index is 11.7. The average Bonchev–Trinajstić information content (AvgIpc) is 2.75. The zero-order chi connectivity index (χ0) is 21.8.